The van der Waals surface area contributed by atoms with Crippen molar-refractivity contribution >= 4 is 17.0 Å². The molecule has 1 aliphatic carbocycles. The molecular weight excluding hydrogens is 398 g/mol. The molecule has 113 valence electrons. The van der Waals surface area contributed by atoms with E-state index in [1.54, 1.807) is 0 Å². The molecule has 3 rings (SSSR count). The molecule has 0 N–H and O–H groups in total. The molecule has 0 saturated heterocycles. The van der Waals surface area contributed by atoms with E-state index in [1.807, 2.05) is 78.9 Å². The summed E-state index contributed by atoms with van der Waals surface area (Å²) in [5.74, 6) is 1.23. The predicted molar refractivity (Wildman–Crippen MR) is 87.7 cm³/mol. The van der Waals surface area contributed by atoms with Crippen molar-refractivity contribution < 1.29 is 22.9 Å². The molecule has 5 heteroatoms. The van der Waals surface area contributed by atoms with Gasteiger partial charge in [-0.3, -0.25) is 0 Å². The Morgan fingerprint density at radius 1 is 0.773 bits per heavy atom. The van der Waals surface area contributed by atoms with Gasteiger partial charge in [-0.2, -0.15) is 0 Å². The summed E-state index contributed by atoms with van der Waals surface area (Å²) >= 11 is -5.09. The minimum absolute atomic E-state index is 0.613. The molecule has 2 aromatic carbocycles. The first-order valence-electron chi connectivity index (χ1n) is 6.98. The molecule has 1 aliphatic rings. The van der Waals surface area contributed by atoms with Gasteiger partial charge in [0.25, 0.3) is 0 Å². The number of para-hydroxylation sites is 2. The third-order valence-corrected chi connectivity index (χ3v) is 14.3. The summed E-state index contributed by atoms with van der Waals surface area (Å²) in [7, 11) is 13.8. The molecule has 0 amide bonds. The second-order valence-corrected chi connectivity index (χ2v) is 21.1. The van der Waals surface area contributed by atoms with Gasteiger partial charge in [-0.05, 0) is 0 Å². The monoisotopic (exact) mass is 411 g/mol. The second-order valence-electron chi connectivity index (χ2n) is 5.01. The van der Waals surface area contributed by atoms with E-state index >= 15 is 0 Å². The first kappa shape index (κ1) is 15.9. The van der Waals surface area contributed by atoms with Crippen molar-refractivity contribution in [1.82, 2.24) is 0 Å². The van der Waals surface area contributed by atoms with Crippen LogP contribution in [0.1, 0.15) is 6.42 Å². The van der Waals surface area contributed by atoms with Crippen LogP contribution < -0.4 is 5.63 Å². The molecule has 0 atom stereocenters. The topological polar surface area (TPSA) is 18.5 Å². The average Bonchev–Trinajstić information content (AvgIpc) is 3.04. The van der Waals surface area contributed by atoms with Crippen molar-refractivity contribution in [3.05, 3.63) is 82.2 Å². The Kier molecular flexibility index (Phi) is 4.50. The molecule has 0 heterocycles. The Bertz CT molecular complexity index is 666. The van der Waals surface area contributed by atoms with Crippen molar-refractivity contribution in [1.29, 1.82) is 0 Å². The molecule has 0 aliphatic heterocycles. The van der Waals surface area contributed by atoms with Crippen LogP contribution >= 0.6 is 17.0 Å². The molecule has 0 bridgehead atoms. The fourth-order valence-corrected chi connectivity index (χ4v) is 11.3. The van der Waals surface area contributed by atoms with Gasteiger partial charge in [0.2, 0.25) is 0 Å². The van der Waals surface area contributed by atoms with E-state index in [1.165, 1.54) is 0 Å². The molecule has 0 aromatic heterocycles. The van der Waals surface area contributed by atoms with E-state index < -0.39 is 17.3 Å². The van der Waals surface area contributed by atoms with Crippen LogP contribution in [0.4, 0.5) is 0 Å². The van der Waals surface area contributed by atoms with Crippen molar-refractivity contribution in [3.63, 3.8) is 0 Å². The fraction of sp³-hybridized carbons (Fsp3) is 0.0588. The van der Waals surface area contributed by atoms with Crippen LogP contribution in [0.25, 0.3) is 0 Å². The molecule has 0 radical (unpaired) electrons. The summed E-state index contributed by atoms with van der Waals surface area (Å²) in [5, 5.41) is 0. The number of benzene rings is 2. The van der Waals surface area contributed by atoms with Crippen LogP contribution in [0.5, 0.6) is 11.5 Å². The van der Waals surface area contributed by atoms with Crippen LogP contribution in [-0.2, 0) is 17.3 Å². The third-order valence-electron chi connectivity index (χ3n) is 3.34. The van der Waals surface area contributed by atoms with E-state index in [9.17, 15) is 0 Å². The van der Waals surface area contributed by atoms with Gasteiger partial charge in [0, 0.05) is 0 Å². The van der Waals surface area contributed by atoms with Crippen LogP contribution in [0.2, 0.25) is 0 Å². The zero-order valence-corrected chi connectivity index (χ0v) is 15.8. The van der Waals surface area contributed by atoms with E-state index in [4.69, 9.17) is 22.7 Å². The summed E-state index contributed by atoms with van der Waals surface area (Å²) in [6, 6.07) is 18.6. The van der Waals surface area contributed by atoms with Crippen molar-refractivity contribution in [2.75, 3.05) is 0 Å². The number of allylic oxidation sites excluding steroid dienone is 4. The number of hydrogen-bond acceptors (Lipinski definition) is 2. The Morgan fingerprint density at radius 3 is 1.68 bits per heavy atom. The van der Waals surface area contributed by atoms with Gasteiger partial charge in [0.15, 0.2) is 0 Å². The molecular formula is C17H15Cl2O2Zr. The molecule has 22 heavy (non-hydrogen) atoms. The number of hydrogen-bond donors (Lipinski definition) is 0. The minimum atomic E-state index is -5.09. The van der Waals surface area contributed by atoms with Crippen molar-refractivity contribution in [2.45, 2.75) is 6.42 Å². The van der Waals surface area contributed by atoms with Crippen LogP contribution in [0, 0.1) is 0 Å². The predicted octanol–water partition coefficient (Wildman–Crippen LogP) is 5.82. The Morgan fingerprint density at radius 2 is 1.27 bits per heavy atom. The Balaban J connectivity index is 1.98. The molecule has 2 nitrogen and oxygen atoms in total. The first-order valence-corrected chi connectivity index (χ1v) is 16.5. The normalized spacial score (nSPS) is 15.7. The summed E-state index contributed by atoms with van der Waals surface area (Å²) in [6.45, 7) is 0. The van der Waals surface area contributed by atoms with Crippen LogP contribution in [0.3, 0.4) is 0 Å². The SMILES string of the molecule is [Cl][Zr]([Cl])([O]c1ccccc1)([O]c1ccccc1)[C]1=CC=CC1. The molecule has 0 unspecified atom stereocenters. The zero-order chi connectivity index (χ0) is 15.5. The van der Waals surface area contributed by atoms with Crippen molar-refractivity contribution in [3.8, 4) is 11.5 Å². The maximum atomic E-state index is 6.89. The maximum absolute atomic E-state index is 6.89. The van der Waals surface area contributed by atoms with Gasteiger partial charge >= 0.3 is 140 Å². The number of halogens is 2. The van der Waals surface area contributed by atoms with Gasteiger partial charge in [-0.15, -0.1) is 0 Å². The van der Waals surface area contributed by atoms with E-state index in [0.717, 1.165) is 3.28 Å². The summed E-state index contributed by atoms with van der Waals surface area (Å²) in [4.78, 5) is 0. The average molecular weight is 413 g/mol. The van der Waals surface area contributed by atoms with Gasteiger partial charge in [-0.1, -0.05) is 0 Å². The van der Waals surface area contributed by atoms with Crippen LogP contribution in [0.15, 0.2) is 82.2 Å². The van der Waals surface area contributed by atoms with Gasteiger partial charge < -0.3 is 0 Å². The fourth-order valence-electron chi connectivity index (χ4n) is 2.26. The molecule has 0 spiro atoms. The van der Waals surface area contributed by atoms with Gasteiger partial charge in [-0.25, -0.2) is 0 Å². The second kappa shape index (κ2) is 6.24. The molecule has 2 aromatic rings. The summed E-state index contributed by atoms with van der Waals surface area (Å²) < 4.78 is 13.0. The summed E-state index contributed by atoms with van der Waals surface area (Å²) in [5.41, 5.74) is 0. The number of rotatable bonds is 5. The quantitative estimate of drug-likeness (QED) is 0.615. The molecule has 0 saturated carbocycles. The van der Waals surface area contributed by atoms with Crippen LogP contribution in [-0.4, -0.2) is 0 Å². The van der Waals surface area contributed by atoms with Crippen molar-refractivity contribution in [2.24, 2.45) is 0 Å². The molecule has 0 fully saturated rings. The van der Waals surface area contributed by atoms with E-state index in [0.29, 0.717) is 17.9 Å². The van der Waals surface area contributed by atoms with Gasteiger partial charge in [0.1, 0.15) is 0 Å². The summed E-state index contributed by atoms with van der Waals surface area (Å²) in [6.07, 6.45) is 6.47. The third kappa shape index (κ3) is 3.48. The Hall–Kier alpha value is -1.02. The van der Waals surface area contributed by atoms with Gasteiger partial charge in [0.05, 0.1) is 0 Å². The van der Waals surface area contributed by atoms with E-state index in [2.05, 4.69) is 0 Å². The zero-order valence-electron chi connectivity index (χ0n) is 11.8. The first-order chi connectivity index (χ1) is 10.6. The standard InChI is InChI=1S/2C6H6O.C5H5.2ClH.Zr/c2*7-6-4-2-1-3-5-6;1-2-4-5-3-1;;;/h2*1-5,7H;1-3H,4H2;2*1H;/q;;;;;+4/p-4. The van der Waals surface area contributed by atoms with E-state index in [-0.39, 0.29) is 0 Å². The Labute approximate surface area is 139 Å².